The Hall–Kier alpha value is -4.33. The quantitative estimate of drug-likeness (QED) is 0.402. The van der Waals surface area contributed by atoms with Crippen LogP contribution >= 0.6 is 0 Å². The van der Waals surface area contributed by atoms with Crippen molar-refractivity contribution < 1.29 is 14.2 Å². The maximum Gasteiger partial charge on any atom is 0.230 e. The number of para-hydroxylation sites is 2. The molecule has 2 N–H and O–H groups in total. The molecule has 32 heavy (non-hydrogen) atoms. The van der Waals surface area contributed by atoms with E-state index in [-0.39, 0.29) is 0 Å². The number of methoxy groups -OCH3 is 3. The lowest BCUT2D eigenvalue weighted by molar-refractivity contribution is 0.324. The average Bonchev–Trinajstić information content (AvgIpc) is 2.84. The van der Waals surface area contributed by atoms with Crippen LogP contribution in [-0.2, 0) is 0 Å². The number of anilines is 4. The van der Waals surface area contributed by atoms with Crippen LogP contribution in [0, 0.1) is 0 Å². The number of nitrogens with one attached hydrogen (secondary N) is 2. The summed E-state index contributed by atoms with van der Waals surface area (Å²) >= 11 is 0. The van der Waals surface area contributed by atoms with Gasteiger partial charge in [-0.05, 0) is 24.3 Å². The van der Waals surface area contributed by atoms with E-state index in [4.69, 9.17) is 14.2 Å². The van der Waals surface area contributed by atoms with Crippen LogP contribution in [-0.4, -0.2) is 36.3 Å². The minimum Gasteiger partial charge on any atom is -0.493 e. The third kappa shape index (κ3) is 4.54. The summed E-state index contributed by atoms with van der Waals surface area (Å²) in [5.74, 6) is 2.49. The first-order chi connectivity index (χ1) is 15.7. The van der Waals surface area contributed by atoms with Crippen LogP contribution in [0.4, 0.5) is 23.0 Å². The van der Waals surface area contributed by atoms with Crippen molar-refractivity contribution in [3.8, 4) is 28.6 Å². The highest BCUT2D eigenvalue weighted by molar-refractivity contribution is 5.78. The van der Waals surface area contributed by atoms with Gasteiger partial charge in [0.05, 0.1) is 21.3 Å². The van der Waals surface area contributed by atoms with E-state index in [9.17, 15) is 0 Å². The number of aromatic nitrogens is 3. The van der Waals surface area contributed by atoms with Gasteiger partial charge in [-0.25, -0.2) is 9.97 Å². The summed E-state index contributed by atoms with van der Waals surface area (Å²) in [4.78, 5) is 13.2. The van der Waals surface area contributed by atoms with Crippen molar-refractivity contribution in [2.75, 3.05) is 32.0 Å². The topological polar surface area (TPSA) is 90.4 Å². The average molecular weight is 429 g/mol. The summed E-state index contributed by atoms with van der Waals surface area (Å²) in [6.07, 6.45) is 1.47. The molecule has 4 aromatic rings. The predicted octanol–water partition coefficient (Wildman–Crippen LogP) is 5.05. The van der Waals surface area contributed by atoms with Gasteiger partial charge < -0.3 is 24.8 Å². The number of hydrogen-bond acceptors (Lipinski definition) is 8. The van der Waals surface area contributed by atoms with Crippen LogP contribution in [0.15, 0.2) is 73.1 Å². The Bertz CT molecular complexity index is 1180. The largest absolute Gasteiger partial charge is 0.493 e. The molecule has 0 aliphatic carbocycles. The van der Waals surface area contributed by atoms with Crippen molar-refractivity contribution in [1.82, 2.24) is 15.0 Å². The number of hydrogen-bond donors (Lipinski definition) is 2. The molecule has 1 heterocycles. The van der Waals surface area contributed by atoms with E-state index in [1.807, 2.05) is 54.6 Å². The summed E-state index contributed by atoms with van der Waals surface area (Å²) in [5.41, 5.74) is 3.41. The normalized spacial score (nSPS) is 10.3. The molecule has 0 aliphatic rings. The zero-order valence-electron chi connectivity index (χ0n) is 18.0. The summed E-state index contributed by atoms with van der Waals surface area (Å²) in [7, 11) is 4.70. The Morgan fingerprint density at radius 1 is 0.688 bits per heavy atom. The molecule has 8 heteroatoms. The molecule has 0 unspecified atom stereocenters. The zero-order chi connectivity index (χ0) is 22.3. The molecule has 0 amide bonds. The van der Waals surface area contributed by atoms with Gasteiger partial charge in [-0.2, -0.15) is 4.98 Å². The molecule has 0 fully saturated rings. The van der Waals surface area contributed by atoms with E-state index in [1.165, 1.54) is 6.33 Å². The van der Waals surface area contributed by atoms with Crippen LogP contribution in [0.1, 0.15) is 0 Å². The Morgan fingerprint density at radius 3 is 2.06 bits per heavy atom. The Morgan fingerprint density at radius 2 is 1.38 bits per heavy atom. The van der Waals surface area contributed by atoms with Crippen LogP contribution in [0.5, 0.6) is 17.2 Å². The monoisotopic (exact) mass is 429 g/mol. The molecule has 0 bridgehead atoms. The van der Waals surface area contributed by atoms with E-state index in [0.717, 1.165) is 16.9 Å². The maximum absolute atomic E-state index is 5.42. The summed E-state index contributed by atoms with van der Waals surface area (Å²) in [6.45, 7) is 0. The molecule has 0 aliphatic heterocycles. The lowest BCUT2D eigenvalue weighted by atomic mass is 10.1. The summed E-state index contributed by atoms with van der Waals surface area (Å²) < 4.78 is 16.2. The van der Waals surface area contributed by atoms with Crippen LogP contribution < -0.4 is 24.8 Å². The highest BCUT2D eigenvalue weighted by Crippen LogP contribution is 2.40. The fraction of sp³-hybridized carbons (Fsp3) is 0.125. The minimum absolute atomic E-state index is 0.388. The van der Waals surface area contributed by atoms with Gasteiger partial charge in [0, 0.05) is 34.8 Å². The number of rotatable bonds is 8. The Balaban J connectivity index is 1.65. The standard InChI is InChI=1S/C24H23N5O3/c1-30-20-13-17(14-21(31-2)22(20)32-3)28-24-26-15-25-23(29-24)18-11-7-8-12-19(18)27-16-9-5-4-6-10-16/h4-15,27H,1-3H3,(H,25,26,28,29). The van der Waals surface area contributed by atoms with Gasteiger partial charge in [-0.1, -0.05) is 30.3 Å². The third-order valence-electron chi connectivity index (χ3n) is 4.71. The fourth-order valence-electron chi connectivity index (χ4n) is 3.23. The molecule has 0 spiro atoms. The van der Waals surface area contributed by atoms with Crippen LogP contribution in [0.25, 0.3) is 11.4 Å². The van der Waals surface area contributed by atoms with E-state index >= 15 is 0 Å². The van der Waals surface area contributed by atoms with E-state index in [1.54, 1.807) is 33.5 Å². The lowest BCUT2D eigenvalue weighted by Crippen LogP contribution is -2.03. The van der Waals surface area contributed by atoms with Gasteiger partial charge in [-0.3, -0.25) is 0 Å². The number of benzene rings is 3. The molecule has 1 aromatic heterocycles. The van der Waals surface area contributed by atoms with Crippen LogP contribution in [0.3, 0.4) is 0 Å². The molecule has 8 nitrogen and oxygen atoms in total. The maximum atomic E-state index is 5.42. The SMILES string of the molecule is COc1cc(Nc2ncnc(-c3ccccc3Nc3ccccc3)n2)cc(OC)c1OC. The molecule has 0 radical (unpaired) electrons. The van der Waals surface area contributed by atoms with Crippen molar-refractivity contribution in [1.29, 1.82) is 0 Å². The van der Waals surface area contributed by atoms with Gasteiger partial charge in [0.1, 0.15) is 6.33 Å². The lowest BCUT2D eigenvalue weighted by Gasteiger charge is -2.15. The van der Waals surface area contributed by atoms with E-state index in [2.05, 4.69) is 25.6 Å². The highest BCUT2D eigenvalue weighted by atomic mass is 16.5. The van der Waals surface area contributed by atoms with Gasteiger partial charge >= 0.3 is 0 Å². The molecule has 0 atom stereocenters. The molecular weight excluding hydrogens is 406 g/mol. The Kier molecular flexibility index (Phi) is 6.31. The van der Waals surface area contributed by atoms with E-state index < -0.39 is 0 Å². The molecule has 4 rings (SSSR count). The number of nitrogens with zero attached hydrogens (tertiary/aromatic N) is 3. The van der Waals surface area contributed by atoms with Crippen molar-refractivity contribution >= 4 is 23.0 Å². The van der Waals surface area contributed by atoms with Gasteiger partial charge in [0.25, 0.3) is 0 Å². The van der Waals surface area contributed by atoms with Crippen molar-refractivity contribution in [2.24, 2.45) is 0 Å². The predicted molar refractivity (Wildman–Crippen MR) is 124 cm³/mol. The van der Waals surface area contributed by atoms with Gasteiger partial charge in [-0.15, -0.1) is 0 Å². The second-order valence-electron chi connectivity index (χ2n) is 6.71. The van der Waals surface area contributed by atoms with Gasteiger partial charge in [0.2, 0.25) is 11.7 Å². The van der Waals surface area contributed by atoms with Gasteiger partial charge in [0.15, 0.2) is 17.3 Å². The molecule has 0 saturated carbocycles. The van der Waals surface area contributed by atoms with Crippen LogP contribution in [0.2, 0.25) is 0 Å². The van der Waals surface area contributed by atoms with Crippen molar-refractivity contribution in [3.63, 3.8) is 0 Å². The fourth-order valence-corrected chi connectivity index (χ4v) is 3.23. The van der Waals surface area contributed by atoms with Crippen molar-refractivity contribution in [2.45, 2.75) is 0 Å². The number of ether oxygens (including phenoxy) is 3. The smallest absolute Gasteiger partial charge is 0.230 e. The molecular formula is C24H23N5O3. The summed E-state index contributed by atoms with van der Waals surface area (Å²) in [6, 6.07) is 21.4. The van der Waals surface area contributed by atoms with Crippen molar-refractivity contribution in [3.05, 3.63) is 73.1 Å². The third-order valence-corrected chi connectivity index (χ3v) is 4.71. The second kappa shape index (κ2) is 9.65. The zero-order valence-corrected chi connectivity index (χ0v) is 18.0. The highest BCUT2D eigenvalue weighted by Gasteiger charge is 2.15. The first kappa shape index (κ1) is 20.9. The molecule has 162 valence electrons. The Labute approximate surface area is 186 Å². The first-order valence-corrected chi connectivity index (χ1v) is 9.89. The minimum atomic E-state index is 0.388. The molecule has 0 saturated heterocycles. The summed E-state index contributed by atoms with van der Waals surface area (Å²) in [5, 5.41) is 6.60. The molecule has 3 aromatic carbocycles. The van der Waals surface area contributed by atoms with E-state index in [0.29, 0.717) is 34.7 Å². The second-order valence-corrected chi connectivity index (χ2v) is 6.71. The first-order valence-electron chi connectivity index (χ1n) is 9.89.